The molecule has 2 atom stereocenters. The summed E-state index contributed by atoms with van der Waals surface area (Å²) in [6.45, 7) is 2.78. The Kier molecular flexibility index (Phi) is 6.23. The number of aromatic nitrogens is 2. The standard InChI is InChI=1S/C29H25F3N4O2/c30-21-7-6-18(26(32)11-21)12-35-13-19-15-36(16-20(19)14-35)29(38)24-9-17(5-8-25(24)31)10-27-22-3-1-2-4-23(22)28(37)34-33-27/h1-9,11,19-20H,10,12-16H2,(H,34,37)/t19-,20?/m0/s1. The van der Waals surface area contributed by atoms with Gasteiger partial charge < -0.3 is 4.90 Å². The highest BCUT2D eigenvalue weighted by molar-refractivity contribution is 5.95. The summed E-state index contributed by atoms with van der Waals surface area (Å²) in [7, 11) is 0. The Balaban J connectivity index is 1.15. The summed E-state index contributed by atoms with van der Waals surface area (Å²) in [6, 6.07) is 15.3. The molecule has 0 aliphatic carbocycles. The second-order valence-corrected chi connectivity index (χ2v) is 10.2. The zero-order chi connectivity index (χ0) is 26.4. The van der Waals surface area contributed by atoms with E-state index >= 15 is 0 Å². The monoisotopic (exact) mass is 518 g/mol. The molecule has 1 N–H and O–H groups in total. The van der Waals surface area contributed by atoms with Gasteiger partial charge in [0.25, 0.3) is 11.5 Å². The zero-order valence-electron chi connectivity index (χ0n) is 20.5. The summed E-state index contributed by atoms with van der Waals surface area (Å²) in [4.78, 5) is 29.2. The number of fused-ring (bicyclic) bond motifs is 2. The Morgan fingerprint density at radius 2 is 1.63 bits per heavy atom. The lowest BCUT2D eigenvalue weighted by atomic mass is 10.0. The minimum Gasteiger partial charge on any atom is -0.338 e. The third-order valence-electron chi connectivity index (χ3n) is 7.67. The maximum atomic E-state index is 14.8. The van der Waals surface area contributed by atoms with Gasteiger partial charge in [-0.1, -0.05) is 30.3 Å². The molecule has 38 heavy (non-hydrogen) atoms. The van der Waals surface area contributed by atoms with Crippen LogP contribution in [0.15, 0.2) is 65.5 Å². The summed E-state index contributed by atoms with van der Waals surface area (Å²) < 4.78 is 42.1. The number of benzene rings is 3. The molecule has 2 aliphatic heterocycles. The van der Waals surface area contributed by atoms with Crippen LogP contribution in [0.3, 0.4) is 0 Å². The molecule has 1 unspecified atom stereocenters. The molecule has 2 aliphatic rings. The first-order chi connectivity index (χ1) is 18.4. The Labute approximate surface area is 216 Å². The summed E-state index contributed by atoms with van der Waals surface area (Å²) in [6.07, 6.45) is 0.331. The van der Waals surface area contributed by atoms with Crippen molar-refractivity contribution in [1.82, 2.24) is 20.0 Å². The number of rotatable bonds is 5. The van der Waals surface area contributed by atoms with Crippen LogP contribution in [0.4, 0.5) is 13.2 Å². The van der Waals surface area contributed by atoms with Crippen LogP contribution in [0.25, 0.3) is 10.8 Å². The number of hydrogen-bond donors (Lipinski definition) is 1. The van der Waals surface area contributed by atoms with Gasteiger partial charge in [-0.25, -0.2) is 18.3 Å². The second-order valence-electron chi connectivity index (χ2n) is 10.2. The van der Waals surface area contributed by atoms with E-state index in [0.29, 0.717) is 66.7 Å². The quantitative estimate of drug-likeness (QED) is 0.431. The fourth-order valence-electron chi connectivity index (χ4n) is 5.79. The maximum Gasteiger partial charge on any atom is 0.272 e. The molecule has 2 saturated heterocycles. The van der Waals surface area contributed by atoms with Crippen LogP contribution in [0.2, 0.25) is 0 Å². The highest BCUT2D eigenvalue weighted by Gasteiger charge is 2.42. The summed E-state index contributed by atoms with van der Waals surface area (Å²) in [5, 5.41) is 7.93. The van der Waals surface area contributed by atoms with E-state index in [9.17, 15) is 22.8 Å². The fourth-order valence-corrected chi connectivity index (χ4v) is 5.79. The minimum atomic E-state index is -0.599. The highest BCUT2D eigenvalue weighted by Crippen LogP contribution is 2.33. The molecule has 0 bridgehead atoms. The number of halogens is 3. The van der Waals surface area contributed by atoms with Crippen LogP contribution < -0.4 is 5.56 Å². The van der Waals surface area contributed by atoms with E-state index in [1.54, 1.807) is 29.2 Å². The average molecular weight is 519 g/mol. The number of H-pyrrole nitrogens is 1. The molecule has 0 saturated carbocycles. The molecule has 4 aromatic rings. The first-order valence-corrected chi connectivity index (χ1v) is 12.6. The number of amides is 1. The van der Waals surface area contributed by atoms with Crippen LogP contribution in [0.1, 0.15) is 27.2 Å². The molecule has 0 radical (unpaired) electrons. The van der Waals surface area contributed by atoms with Gasteiger partial charge in [0.1, 0.15) is 17.5 Å². The van der Waals surface area contributed by atoms with E-state index < -0.39 is 17.5 Å². The summed E-state index contributed by atoms with van der Waals surface area (Å²) in [5.41, 5.74) is 1.54. The van der Waals surface area contributed by atoms with Crippen molar-refractivity contribution >= 4 is 16.7 Å². The van der Waals surface area contributed by atoms with Gasteiger partial charge in [-0.15, -0.1) is 0 Å². The Morgan fingerprint density at radius 1 is 0.895 bits per heavy atom. The lowest BCUT2D eigenvalue weighted by molar-refractivity contribution is 0.0768. The summed E-state index contributed by atoms with van der Waals surface area (Å²) in [5.74, 6) is -1.66. The number of likely N-dealkylation sites (tertiary alicyclic amines) is 2. The molecule has 1 amide bonds. The predicted octanol–water partition coefficient (Wildman–Crippen LogP) is 4.14. The minimum absolute atomic E-state index is 0.0152. The van der Waals surface area contributed by atoms with Gasteiger partial charge in [0.2, 0.25) is 0 Å². The fraction of sp³-hybridized carbons (Fsp3) is 0.276. The lowest BCUT2D eigenvalue weighted by Gasteiger charge is -2.22. The number of nitrogens with one attached hydrogen (secondary N) is 1. The number of carbonyl (C=O) groups excluding carboxylic acids is 1. The van der Waals surface area contributed by atoms with E-state index in [1.807, 2.05) is 12.1 Å². The third-order valence-corrected chi connectivity index (χ3v) is 7.67. The van der Waals surface area contributed by atoms with Gasteiger partial charge in [0.05, 0.1) is 16.6 Å². The number of nitrogens with zero attached hydrogens (tertiary/aromatic N) is 3. The molecule has 1 aromatic heterocycles. The first-order valence-electron chi connectivity index (χ1n) is 12.6. The average Bonchev–Trinajstić information content (AvgIpc) is 3.47. The SMILES string of the molecule is O=C(c1cc(Cc2n[nH]c(=O)c3ccccc23)ccc1F)N1CC2CN(Cc3ccc(F)cc3F)C[C@H]2C1. The van der Waals surface area contributed by atoms with Crippen molar-refractivity contribution in [3.8, 4) is 0 Å². The Hall–Kier alpha value is -3.98. The Bertz CT molecular complexity index is 1590. The van der Waals surface area contributed by atoms with E-state index in [2.05, 4.69) is 15.1 Å². The third kappa shape index (κ3) is 4.58. The van der Waals surface area contributed by atoms with Crippen LogP contribution in [0.5, 0.6) is 0 Å². The van der Waals surface area contributed by atoms with Crippen molar-refractivity contribution in [3.63, 3.8) is 0 Å². The number of hydrogen-bond acceptors (Lipinski definition) is 4. The topological polar surface area (TPSA) is 69.3 Å². The van der Waals surface area contributed by atoms with Crippen LogP contribution in [0, 0.1) is 29.3 Å². The van der Waals surface area contributed by atoms with E-state index in [0.717, 1.165) is 6.07 Å². The van der Waals surface area contributed by atoms with E-state index in [4.69, 9.17) is 0 Å². The van der Waals surface area contributed by atoms with Gasteiger partial charge in [-0.05, 0) is 41.7 Å². The van der Waals surface area contributed by atoms with Crippen molar-refractivity contribution in [2.45, 2.75) is 13.0 Å². The van der Waals surface area contributed by atoms with Gasteiger partial charge in [-0.2, -0.15) is 5.10 Å². The molecule has 2 fully saturated rings. The summed E-state index contributed by atoms with van der Waals surface area (Å²) >= 11 is 0. The molecule has 3 aromatic carbocycles. The molecule has 6 nitrogen and oxygen atoms in total. The van der Waals surface area contributed by atoms with Crippen molar-refractivity contribution in [2.75, 3.05) is 26.2 Å². The van der Waals surface area contributed by atoms with Gasteiger partial charge in [-0.3, -0.25) is 14.5 Å². The molecule has 194 valence electrons. The molecule has 9 heteroatoms. The van der Waals surface area contributed by atoms with Crippen LogP contribution in [-0.4, -0.2) is 52.1 Å². The van der Waals surface area contributed by atoms with Gasteiger partial charge in [0, 0.05) is 56.2 Å². The Morgan fingerprint density at radius 3 is 2.37 bits per heavy atom. The van der Waals surface area contributed by atoms with Crippen LogP contribution >= 0.6 is 0 Å². The largest absolute Gasteiger partial charge is 0.338 e. The molecular formula is C29H25F3N4O2. The van der Waals surface area contributed by atoms with E-state index in [1.165, 1.54) is 18.2 Å². The van der Waals surface area contributed by atoms with Crippen molar-refractivity contribution in [2.24, 2.45) is 11.8 Å². The van der Waals surface area contributed by atoms with E-state index in [-0.39, 0.29) is 28.9 Å². The molecule has 6 rings (SSSR count). The molecular weight excluding hydrogens is 493 g/mol. The molecule has 3 heterocycles. The van der Waals surface area contributed by atoms with Crippen molar-refractivity contribution in [1.29, 1.82) is 0 Å². The number of aromatic amines is 1. The predicted molar refractivity (Wildman–Crippen MR) is 136 cm³/mol. The number of carbonyl (C=O) groups is 1. The van der Waals surface area contributed by atoms with Gasteiger partial charge >= 0.3 is 0 Å². The first kappa shape index (κ1) is 24.4. The maximum absolute atomic E-state index is 14.8. The normalized spacial score (nSPS) is 19.3. The highest BCUT2D eigenvalue weighted by atomic mass is 19.1. The molecule has 0 spiro atoms. The lowest BCUT2D eigenvalue weighted by Crippen LogP contribution is -2.33. The second kappa shape index (κ2) is 9.72. The van der Waals surface area contributed by atoms with Crippen LogP contribution in [-0.2, 0) is 13.0 Å². The van der Waals surface area contributed by atoms with Crippen molar-refractivity contribution < 1.29 is 18.0 Å². The smallest absolute Gasteiger partial charge is 0.272 e. The van der Waals surface area contributed by atoms with Gasteiger partial charge in [0.15, 0.2) is 0 Å². The van der Waals surface area contributed by atoms with Crippen molar-refractivity contribution in [3.05, 3.63) is 111 Å². The zero-order valence-corrected chi connectivity index (χ0v) is 20.5.